The average molecular weight is 158 g/mol. The summed E-state index contributed by atoms with van der Waals surface area (Å²) < 4.78 is 0. The maximum Gasteiger partial charge on any atom is 1.00 e. The molecule has 0 heterocycles. The molecule has 0 bridgehead atoms. The van der Waals surface area contributed by atoms with Gasteiger partial charge in [0.05, 0.1) is 0 Å². The summed E-state index contributed by atoms with van der Waals surface area (Å²) in [5.41, 5.74) is 0. The summed E-state index contributed by atoms with van der Waals surface area (Å²) in [6, 6.07) is 0. The van der Waals surface area contributed by atoms with Crippen LogP contribution in [-0.4, -0.2) is 23.4 Å². The first-order chi connectivity index (χ1) is 4.22. The Morgan fingerprint density at radius 1 is 1.50 bits per heavy atom. The third-order valence-corrected chi connectivity index (χ3v) is 0.730. The molecule has 1 N–H and O–H groups in total. The summed E-state index contributed by atoms with van der Waals surface area (Å²) in [6.07, 6.45) is 0. The Kier molecular flexibility index (Phi) is 27.0. The average Bonchev–Trinajstić information content (AvgIpc) is 1.88. The van der Waals surface area contributed by atoms with Gasteiger partial charge in [-0.3, -0.25) is 0 Å². The van der Waals surface area contributed by atoms with Crippen molar-refractivity contribution in [1.29, 1.82) is 0 Å². The molecule has 0 aliphatic carbocycles. The van der Waals surface area contributed by atoms with Crippen LogP contribution in [0.25, 0.3) is 0 Å². The molecule has 0 spiro atoms. The van der Waals surface area contributed by atoms with Crippen molar-refractivity contribution in [1.82, 2.24) is 5.06 Å². The molecule has 0 fully saturated rings. The van der Waals surface area contributed by atoms with E-state index in [1.54, 1.807) is 0 Å². The molecular weight excluding hydrogens is 147 g/mol. The molecule has 0 saturated heterocycles. The molecule has 0 aromatic rings. The Bertz CT molecular complexity index is 60.5. The topological polar surface area (TPSA) is 76.0 Å². The van der Waals surface area contributed by atoms with E-state index in [1.165, 1.54) is 5.06 Å². The summed E-state index contributed by atoms with van der Waals surface area (Å²) in [7, 11) is 0. The summed E-state index contributed by atoms with van der Waals surface area (Å²) in [5, 5.41) is 18.8. The van der Waals surface area contributed by atoms with E-state index in [2.05, 4.69) is 0 Å². The summed E-state index contributed by atoms with van der Waals surface area (Å²) in [5.74, 6) is 0. The summed E-state index contributed by atoms with van der Waals surface area (Å²) >= 11 is 0. The van der Waals surface area contributed by atoms with Gasteiger partial charge in [0, 0.05) is 13.1 Å². The molecule has 0 unspecified atom stereocenters. The maximum atomic E-state index is 8.50. The van der Waals surface area contributed by atoms with E-state index in [0.717, 1.165) is 18.4 Å². The Hall–Kier alpha value is 0.320. The van der Waals surface area contributed by atoms with E-state index in [4.69, 9.17) is 15.3 Å². The van der Waals surface area contributed by atoms with Gasteiger partial charge in [-0.2, -0.15) is 5.06 Å². The van der Waals surface area contributed by atoms with Gasteiger partial charge in [0.25, 0.3) is 0 Å². The van der Waals surface area contributed by atoms with Crippen molar-refractivity contribution in [3.05, 3.63) is 10.1 Å². The quantitative estimate of drug-likeness (QED) is 0.286. The van der Waals surface area contributed by atoms with Gasteiger partial charge < -0.3 is 15.3 Å². The van der Waals surface area contributed by atoms with Crippen LogP contribution < -0.4 is 29.6 Å². The molecule has 0 amide bonds. The number of hydroxylamine groups is 2. The van der Waals surface area contributed by atoms with Gasteiger partial charge in [0.1, 0.15) is 0 Å². The van der Waals surface area contributed by atoms with Crippen LogP contribution >= 0.6 is 0 Å². The van der Waals surface area contributed by atoms with E-state index in [1.807, 2.05) is 13.8 Å². The SMILES string of the molecule is CCN(O)CC.O=N[O-].[Na+]. The minimum absolute atomic E-state index is 0. The Balaban J connectivity index is -0.000000107. The van der Waals surface area contributed by atoms with Gasteiger partial charge >= 0.3 is 29.6 Å². The van der Waals surface area contributed by atoms with Gasteiger partial charge in [-0.1, -0.05) is 13.8 Å². The molecule has 0 saturated carbocycles. The van der Waals surface area contributed by atoms with Crippen LogP contribution in [0.2, 0.25) is 0 Å². The second-order valence-corrected chi connectivity index (χ2v) is 1.21. The van der Waals surface area contributed by atoms with Crippen LogP contribution in [0, 0.1) is 10.1 Å². The molecule has 0 radical (unpaired) electrons. The van der Waals surface area contributed by atoms with Crippen molar-refractivity contribution in [2.45, 2.75) is 13.8 Å². The molecule has 10 heavy (non-hydrogen) atoms. The first kappa shape index (κ1) is 16.7. The molecule has 0 aliphatic rings. The fraction of sp³-hybridized carbons (Fsp3) is 1.00. The molecule has 0 rings (SSSR count). The van der Waals surface area contributed by atoms with Gasteiger partial charge in [-0.05, 0) is 0 Å². The second kappa shape index (κ2) is 16.2. The molecule has 0 aliphatic heterocycles. The van der Waals surface area contributed by atoms with Crippen LogP contribution in [0.4, 0.5) is 0 Å². The van der Waals surface area contributed by atoms with E-state index >= 15 is 0 Å². The Labute approximate surface area is 82.2 Å². The van der Waals surface area contributed by atoms with Crippen molar-refractivity contribution in [2.24, 2.45) is 5.34 Å². The van der Waals surface area contributed by atoms with Crippen LogP contribution in [-0.2, 0) is 0 Å². The molecule has 0 atom stereocenters. The fourth-order valence-corrected chi connectivity index (χ4v) is 0.224. The third kappa shape index (κ3) is 23.9. The minimum atomic E-state index is 0. The maximum absolute atomic E-state index is 8.50. The fourth-order valence-electron chi connectivity index (χ4n) is 0.224. The van der Waals surface area contributed by atoms with Crippen molar-refractivity contribution in [2.75, 3.05) is 13.1 Å². The van der Waals surface area contributed by atoms with Crippen LogP contribution in [0.1, 0.15) is 13.8 Å². The van der Waals surface area contributed by atoms with Crippen LogP contribution in [0.15, 0.2) is 5.34 Å². The monoisotopic (exact) mass is 158 g/mol. The van der Waals surface area contributed by atoms with E-state index in [-0.39, 0.29) is 29.6 Å². The van der Waals surface area contributed by atoms with E-state index in [9.17, 15) is 0 Å². The standard InChI is InChI=1S/C4H11NO.HNO2.Na/c1-3-5(6)4-2;2-1-3;/h6H,3-4H2,1-2H3;(H,2,3);/q;;+1/p-1. The van der Waals surface area contributed by atoms with Gasteiger partial charge in [-0.25, -0.2) is 0 Å². The van der Waals surface area contributed by atoms with Crippen LogP contribution in [0.5, 0.6) is 0 Å². The first-order valence-electron chi connectivity index (χ1n) is 2.61. The smallest absolute Gasteiger partial charge is 0.444 e. The summed E-state index contributed by atoms with van der Waals surface area (Å²) in [4.78, 5) is 8.00. The van der Waals surface area contributed by atoms with Crippen LogP contribution in [0.3, 0.4) is 0 Å². The minimum Gasteiger partial charge on any atom is -0.444 e. The molecule has 5 nitrogen and oxygen atoms in total. The number of hydrogen-bond donors (Lipinski definition) is 1. The molecular formula is C4H11N2NaO3. The van der Waals surface area contributed by atoms with Gasteiger partial charge in [-0.15, -0.1) is 5.34 Å². The molecule has 56 valence electrons. The zero-order valence-corrected chi connectivity index (χ0v) is 8.57. The second-order valence-electron chi connectivity index (χ2n) is 1.21. The summed E-state index contributed by atoms with van der Waals surface area (Å²) in [6.45, 7) is 5.25. The molecule has 6 heteroatoms. The largest absolute Gasteiger partial charge is 1.00 e. The third-order valence-electron chi connectivity index (χ3n) is 0.730. The van der Waals surface area contributed by atoms with Crippen molar-refractivity contribution in [3.8, 4) is 0 Å². The van der Waals surface area contributed by atoms with Crippen molar-refractivity contribution >= 4 is 0 Å². The number of rotatable bonds is 2. The van der Waals surface area contributed by atoms with Crippen molar-refractivity contribution < 1.29 is 34.8 Å². The zero-order chi connectivity index (χ0) is 7.70. The van der Waals surface area contributed by atoms with E-state index in [0.29, 0.717) is 0 Å². The predicted octanol–water partition coefficient (Wildman–Crippen LogP) is -2.03. The molecule has 0 aromatic heterocycles. The normalized spacial score (nSPS) is 7.20. The van der Waals surface area contributed by atoms with E-state index < -0.39 is 0 Å². The number of hydrogen-bond acceptors (Lipinski definition) is 5. The molecule has 0 aromatic carbocycles. The van der Waals surface area contributed by atoms with Gasteiger partial charge in [0.2, 0.25) is 0 Å². The Morgan fingerprint density at radius 2 is 1.70 bits per heavy atom. The van der Waals surface area contributed by atoms with Crippen molar-refractivity contribution in [3.63, 3.8) is 0 Å². The first-order valence-corrected chi connectivity index (χ1v) is 2.61. The number of nitrogens with zero attached hydrogens (tertiary/aromatic N) is 2. The zero-order valence-electron chi connectivity index (χ0n) is 6.57. The Morgan fingerprint density at radius 3 is 1.70 bits per heavy atom. The predicted molar refractivity (Wildman–Crippen MR) is 33.9 cm³/mol. The van der Waals surface area contributed by atoms with Gasteiger partial charge in [0.15, 0.2) is 0 Å².